The molecule has 1 aromatic rings. The van der Waals surface area contributed by atoms with Crippen LogP contribution < -0.4 is 5.32 Å². The van der Waals surface area contributed by atoms with Gasteiger partial charge in [-0.1, -0.05) is 18.6 Å². The van der Waals surface area contributed by atoms with Crippen molar-refractivity contribution in [3.63, 3.8) is 0 Å². The first kappa shape index (κ1) is 17.8. The number of aliphatic hydroxyl groups is 1. The van der Waals surface area contributed by atoms with E-state index in [0.717, 1.165) is 31.6 Å². The Morgan fingerprint density at radius 2 is 1.88 bits per heavy atom. The molecule has 3 rings (SSSR count). The van der Waals surface area contributed by atoms with Crippen LogP contribution in [0.4, 0.5) is 4.39 Å². The summed E-state index contributed by atoms with van der Waals surface area (Å²) in [6.45, 7) is 2.32. The Kier molecular flexibility index (Phi) is 6.60. The van der Waals surface area contributed by atoms with Gasteiger partial charge in [0.2, 0.25) is 0 Å². The second-order valence-electron chi connectivity index (χ2n) is 6.93. The van der Waals surface area contributed by atoms with Gasteiger partial charge in [-0.3, -0.25) is 0 Å². The van der Waals surface area contributed by atoms with Crippen molar-refractivity contribution in [1.82, 2.24) is 5.32 Å². The number of rotatable bonds is 8. The number of halogens is 1. The first-order chi connectivity index (χ1) is 11.7. The van der Waals surface area contributed by atoms with Gasteiger partial charge in [-0.2, -0.15) is 0 Å². The van der Waals surface area contributed by atoms with E-state index in [0.29, 0.717) is 19.1 Å². The molecule has 1 aromatic carbocycles. The monoisotopic (exact) mass is 337 g/mol. The normalized spacial score (nSPS) is 22.1. The maximum absolute atomic E-state index is 13.2. The molecule has 1 aliphatic heterocycles. The predicted octanol–water partition coefficient (Wildman–Crippen LogP) is 2.81. The molecule has 2 aliphatic rings. The lowest BCUT2D eigenvalue weighted by Crippen LogP contribution is -2.39. The fourth-order valence-electron chi connectivity index (χ4n) is 3.41. The molecular weight excluding hydrogens is 309 g/mol. The zero-order valence-corrected chi connectivity index (χ0v) is 14.1. The Balaban J connectivity index is 1.46. The van der Waals surface area contributed by atoms with Crippen LogP contribution in [0.5, 0.6) is 0 Å². The summed E-state index contributed by atoms with van der Waals surface area (Å²) in [5.41, 5.74) is 1.10. The Bertz CT molecular complexity index is 486. The van der Waals surface area contributed by atoms with Crippen LogP contribution in [0, 0.1) is 11.7 Å². The van der Waals surface area contributed by atoms with Crippen molar-refractivity contribution in [3.05, 3.63) is 35.6 Å². The molecule has 5 heteroatoms. The second kappa shape index (κ2) is 8.90. The quantitative estimate of drug-likeness (QED) is 0.766. The third-order valence-corrected chi connectivity index (χ3v) is 5.12. The molecule has 1 saturated heterocycles. The predicted molar refractivity (Wildman–Crippen MR) is 90.3 cm³/mol. The Labute approximate surface area is 143 Å². The molecule has 24 heavy (non-hydrogen) atoms. The van der Waals surface area contributed by atoms with Crippen molar-refractivity contribution in [3.8, 4) is 0 Å². The summed E-state index contributed by atoms with van der Waals surface area (Å²) in [5.74, 6) is 0.357. The Morgan fingerprint density at radius 3 is 2.50 bits per heavy atom. The summed E-state index contributed by atoms with van der Waals surface area (Å²) in [4.78, 5) is 0. The van der Waals surface area contributed by atoms with Gasteiger partial charge >= 0.3 is 0 Å². The van der Waals surface area contributed by atoms with Crippen LogP contribution in [0.3, 0.4) is 0 Å². The maximum Gasteiger partial charge on any atom is 0.123 e. The van der Waals surface area contributed by atoms with Crippen molar-refractivity contribution in [2.24, 2.45) is 5.92 Å². The van der Waals surface area contributed by atoms with Gasteiger partial charge in [-0.05, 0) is 49.3 Å². The number of nitrogens with one attached hydrogen (secondary N) is 1. The Hall–Kier alpha value is -1.01. The lowest BCUT2D eigenvalue weighted by molar-refractivity contribution is -0.0592. The van der Waals surface area contributed by atoms with Gasteiger partial charge in [0.15, 0.2) is 0 Å². The van der Waals surface area contributed by atoms with E-state index in [1.165, 1.54) is 31.4 Å². The summed E-state index contributed by atoms with van der Waals surface area (Å²) >= 11 is 0. The van der Waals surface area contributed by atoms with Gasteiger partial charge < -0.3 is 19.9 Å². The van der Waals surface area contributed by atoms with Crippen LogP contribution in [-0.2, 0) is 9.47 Å². The highest BCUT2D eigenvalue weighted by Crippen LogP contribution is 2.37. The lowest BCUT2D eigenvalue weighted by Gasteiger charge is -2.35. The number of ether oxygens (including phenoxy) is 2. The van der Waals surface area contributed by atoms with Crippen molar-refractivity contribution in [1.29, 1.82) is 0 Å². The highest BCUT2D eigenvalue weighted by Gasteiger charge is 2.28. The molecule has 1 heterocycles. The van der Waals surface area contributed by atoms with Crippen LogP contribution in [-0.4, -0.2) is 43.7 Å². The van der Waals surface area contributed by atoms with E-state index in [-0.39, 0.29) is 18.0 Å². The van der Waals surface area contributed by atoms with E-state index in [1.54, 1.807) is 0 Å². The molecule has 0 aromatic heterocycles. The molecule has 0 radical (unpaired) electrons. The molecule has 4 nitrogen and oxygen atoms in total. The smallest absolute Gasteiger partial charge is 0.123 e. The van der Waals surface area contributed by atoms with E-state index in [9.17, 15) is 9.50 Å². The molecule has 0 amide bonds. The van der Waals surface area contributed by atoms with Gasteiger partial charge in [0, 0.05) is 25.8 Å². The van der Waals surface area contributed by atoms with Crippen molar-refractivity contribution >= 4 is 0 Å². The first-order valence-electron chi connectivity index (χ1n) is 9.08. The topological polar surface area (TPSA) is 50.7 Å². The van der Waals surface area contributed by atoms with Gasteiger partial charge in [-0.25, -0.2) is 4.39 Å². The number of aliphatic hydroxyl groups excluding tert-OH is 1. The first-order valence-corrected chi connectivity index (χ1v) is 9.08. The molecule has 1 saturated carbocycles. The van der Waals surface area contributed by atoms with Crippen LogP contribution >= 0.6 is 0 Å². The average molecular weight is 337 g/mol. The second-order valence-corrected chi connectivity index (χ2v) is 6.93. The summed E-state index contributed by atoms with van der Waals surface area (Å²) in [6, 6.07) is 6.88. The highest BCUT2D eigenvalue weighted by molar-refractivity contribution is 5.21. The summed E-state index contributed by atoms with van der Waals surface area (Å²) in [5, 5.41) is 13.7. The van der Waals surface area contributed by atoms with Crippen molar-refractivity contribution in [2.45, 2.75) is 50.4 Å². The van der Waals surface area contributed by atoms with Crippen LogP contribution in [0.2, 0.25) is 0 Å². The number of hydrogen-bond acceptors (Lipinski definition) is 4. The molecule has 1 aliphatic carbocycles. The fraction of sp³-hybridized carbons (Fsp3) is 0.684. The molecule has 2 N–H and O–H groups in total. The lowest BCUT2D eigenvalue weighted by atomic mass is 9.77. The van der Waals surface area contributed by atoms with Crippen LogP contribution in [0.1, 0.15) is 43.7 Å². The molecule has 0 bridgehead atoms. The van der Waals surface area contributed by atoms with Gasteiger partial charge in [0.25, 0.3) is 0 Å². The van der Waals surface area contributed by atoms with Gasteiger partial charge in [0.1, 0.15) is 5.82 Å². The molecular formula is C19H28FNO3. The molecule has 2 fully saturated rings. The summed E-state index contributed by atoms with van der Waals surface area (Å²) in [7, 11) is 0. The standard InChI is InChI=1S/C19H28FNO3/c20-16-6-4-15(5-7-16)19(14-2-1-3-14)21-12-17(22)13-24-18-8-10-23-11-9-18/h4-7,14,17-19,21-22H,1-3,8-13H2. The average Bonchev–Trinajstić information content (AvgIpc) is 2.57. The third-order valence-electron chi connectivity index (χ3n) is 5.12. The summed E-state index contributed by atoms with van der Waals surface area (Å²) < 4.78 is 24.2. The minimum Gasteiger partial charge on any atom is -0.389 e. The van der Waals surface area contributed by atoms with Gasteiger partial charge in [-0.15, -0.1) is 0 Å². The van der Waals surface area contributed by atoms with Gasteiger partial charge in [0.05, 0.1) is 18.8 Å². The third kappa shape index (κ3) is 4.99. The SMILES string of the molecule is OC(CNC(c1ccc(F)cc1)C1CCC1)COC1CCOCC1. The van der Waals surface area contributed by atoms with E-state index in [4.69, 9.17) is 9.47 Å². The summed E-state index contributed by atoms with van der Waals surface area (Å²) in [6.07, 6.45) is 5.09. The van der Waals surface area contributed by atoms with Crippen LogP contribution in [0.15, 0.2) is 24.3 Å². The minimum atomic E-state index is -0.532. The maximum atomic E-state index is 13.2. The minimum absolute atomic E-state index is 0.178. The van der Waals surface area contributed by atoms with Crippen molar-refractivity contribution < 1.29 is 19.0 Å². The van der Waals surface area contributed by atoms with E-state index in [1.807, 2.05) is 12.1 Å². The van der Waals surface area contributed by atoms with E-state index < -0.39 is 6.10 Å². The largest absolute Gasteiger partial charge is 0.389 e. The van der Waals surface area contributed by atoms with E-state index in [2.05, 4.69) is 5.32 Å². The molecule has 2 atom stereocenters. The highest BCUT2D eigenvalue weighted by atomic mass is 19.1. The van der Waals surface area contributed by atoms with E-state index >= 15 is 0 Å². The number of benzene rings is 1. The zero-order chi connectivity index (χ0) is 16.8. The zero-order valence-electron chi connectivity index (χ0n) is 14.1. The van der Waals surface area contributed by atoms with Crippen molar-refractivity contribution in [2.75, 3.05) is 26.4 Å². The Morgan fingerprint density at radius 1 is 1.17 bits per heavy atom. The molecule has 2 unspecified atom stereocenters. The number of hydrogen-bond donors (Lipinski definition) is 2. The molecule has 134 valence electrons. The van der Waals surface area contributed by atoms with Crippen LogP contribution in [0.25, 0.3) is 0 Å². The fourth-order valence-corrected chi connectivity index (χ4v) is 3.41. The molecule has 0 spiro atoms.